The van der Waals surface area contributed by atoms with Crippen LogP contribution < -0.4 is 20.1 Å². The number of aliphatic carboxylic acids is 1. The lowest BCUT2D eigenvalue weighted by molar-refractivity contribution is -0.142. The Bertz CT molecular complexity index is 1210. The van der Waals surface area contributed by atoms with E-state index in [1.165, 1.54) is 43.5 Å². The number of ketones is 1. The Hall–Kier alpha value is -3.30. The van der Waals surface area contributed by atoms with Crippen LogP contribution in [0.15, 0.2) is 36.4 Å². The number of hydrogen-bond acceptors (Lipinski definition) is 11. The van der Waals surface area contributed by atoms with Crippen molar-refractivity contribution < 1.29 is 46.9 Å². The molecule has 2 aromatic carbocycles. The van der Waals surface area contributed by atoms with Crippen molar-refractivity contribution in [3.8, 4) is 11.5 Å². The number of rotatable bonds is 17. The zero-order valence-electron chi connectivity index (χ0n) is 27.0. The Morgan fingerprint density at radius 1 is 0.870 bits per heavy atom. The summed E-state index contributed by atoms with van der Waals surface area (Å²) < 4.78 is 27.0. The van der Waals surface area contributed by atoms with E-state index in [2.05, 4.69) is 11.8 Å². The molecule has 14 heteroatoms. The first-order valence-corrected chi connectivity index (χ1v) is 16.5. The van der Waals surface area contributed by atoms with E-state index >= 15 is 0 Å². The number of anilines is 1. The zero-order valence-corrected chi connectivity index (χ0v) is 28.6. The molecule has 0 saturated carbocycles. The lowest BCUT2D eigenvalue weighted by atomic mass is 9.94. The second-order valence-electron chi connectivity index (χ2n) is 9.82. The van der Waals surface area contributed by atoms with Crippen molar-refractivity contribution in [1.29, 1.82) is 0 Å². The highest BCUT2D eigenvalue weighted by Gasteiger charge is 2.24. The number of carbonyl (C=O) groups excluding carboxylic acids is 3. The smallest absolute Gasteiger partial charge is 0.329 e. The van der Waals surface area contributed by atoms with Crippen LogP contribution in [0.5, 0.6) is 11.5 Å². The lowest BCUT2D eigenvalue weighted by Gasteiger charge is -2.29. The summed E-state index contributed by atoms with van der Waals surface area (Å²) in [5.41, 5.74) is 8.36. The van der Waals surface area contributed by atoms with Gasteiger partial charge in [-0.25, -0.2) is 4.79 Å². The SMILES string of the molecule is CC(C)=O.COSCCOc1ccc2c(c1)CN(C(=O)CCCCOCC(=O)O)c1cc(OCCSOC)ccc1CC2.NC=O. The fraction of sp³-hybridized carbons (Fsp3) is 0.500. The number of Topliss-reactive ketones (excluding diaryl/α,β-unsaturated/α-hetero) is 1. The second kappa shape index (κ2) is 24.9. The summed E-state index contributed by atoms with van der Waals surface area (Å²) in [5, 5.41) is 8.73. The van der Waals surface area contributed by atoms with E-state index in [1.54, 1.807) is 14.2 Å². The van der Waals surface area contributed by atoms with Crippen LogP contribution in [-0.2, 0) is 51.7 Å². The average molecular weight is 683 g/mol. The number of carboxylic acid groups (broad SMARTS) is 1. The van der Waals surface area contributed by atoms with Crippen molar-refractivity contribution in [2.24, 2.45) is 5.73 Å². The Kier molecular flexibility index (Phi) is 22.0. The molecule has 0 spiro atoms. The van der Waals surface area contributed by atoms with Gasteiger partial charge in [-0.05, 0) is 98.5 Å². The number of aryl methyl sites for hydroxylation is 2. The Labute approximate surface area is 280 Å². The third-order valence-electron chi connectivity index (χ3n) is 6.08. The first-order chi connectivity index (χ1) is 22.2. The van der Waals surface area contributed by atoms with Gasteiger partial charge in [0, 0.05) is 19.1 Å². The molecule has 1 aliphatic rings. The fourth-order valence-electron chi connectivity index (χ4n) is 4.26. The van der Waals surface area contributed by atoms with Crippen molar-refractivity contribution >= 4 is 53.8 Å². The topological polar surface area (TPSA) is 164 Å². The number of nitrogens with zero attached hydrogens (tertiary/aromatic N) is 1. The maximum absolute atomic E-state index is 13.6. The van der Waals surface area contributed by atoms with Crippen LogP contribution in [0, 0.1) is 0 Å². The van der Waals surface area contributed by atoms with Crippen LogP contribution >= 0.6 is 24.1 Å². The van der Waals surface area contributed by atoms with Crippen LogP contribution in [0.1, 0.15) is 49.8 Å². The van der Waals surface area contributed by atoms with E-state index in [0.29, 0.717) is 62.9 Å². The number of carbonyl (C=O) groups is 4. The molecule has 1 aliphatic heterocycles. The van der Waals surface area contributed by atoms with E-state index in [9.17, 15) is 14.4 Å². The van der Waals surface area contributed by atoms with Crippen molar-refractivity contribution in [2.45, 2.75) is 52.5 Å². The summed E-state index contributed by atoms with van der Waals surface area (Å²) >= 11 is 2.68. The quantitative estimate of drug-likeness (QED) is 0.135. The van der Waals surface area contributed by atoms with Gasteiger partial charge in [0.15, 0.2) is 0 Å². The molecule has 0 bridgehead atoms. The number of benzene rings is 2. The van der Waals surface area contributed by atoms with Crippen LogP contribution in [0.3, 0.4) is 0 Å². The molecule has 0 atom stereocenters. The van der Waals surface area contributed by atoms with E-state index in [1.807, 2.05) is 35.2 Å². The molecule has 3 rings (SSSR count). The van der Waals surface area contributed by atoms with Gasteiger partial charge in [0.2, 0.25) is 12.3 Å². The number of fused-ring (bicyclic) bond motifs is 2. The number of unbranched alkanes of at least 4 members (excludes halogenated alkanes) is 1. The maximum atomic E-state index is 13.6. The Morgan fingerprint density at radius 3 is 1.98 bits per heavy atom. The molecule has 46 heavy (non-hydrogen) atoms. The van der Waals surface area contributed by atoms with E-state index in [0.717, 1.165) is 35.4 Å². The van der Waals surface area contributed by atoms with Crippen molar-refractivity contribution in [3.63, 3.8) is 0 Å². The number of amides is 2. The minimum atomic E-state index is -0.999. The Morgan fingerprint density at radius 2 is 1.41 bits per heavy atom. The number of nitrogens with two attached hydrogens (primary N) is 1. The third-order valence-corrected chi connectivity index (χ3v) is 7.22. The zero-order chi connectivity index (χ0) is 34.2. The van der Waals surface area contributed by atoms with Gasteiger partial charge in [-0.1, -0.05) is 12.1 Å². The highest BCUT2D eigenvalue weighted by atomic mass is 32.2. The molecule has 12 nitrogen and oxygen atoms in total. The third kappa shape index (κ3) is 17.4. The van der Waals surface area contributed by atoms with Crippen molar-refractivity contribution in [2.75, 3.05) is 57.1 Å². The number of primary amides is 1. The molecule has 0 fully saturated rings. The minimum Gasteiger partial charge on any atom is -0.493 e. The van der Waals surface area contributed by atoms with Crippen molar-refractivity contribution in [1.82, 2.24) is 0 Å². The summed E-state index contributed by atoms with van der Waals surface area (Å²) in [5.74, 6) is 2.05. The summed E-state index contributed by atoms with van der Waals surface area (Å²) in [6.45, 7) is 4.47. The van der Waals surface area contributed by atoms with Gasteiger partial charge in [0.25, 0.3) is 0 Å². The van der Waals surface area contributed by atoms with Crippen LogP contribution in [-0.4, -0.2) is 81.3 Å². The van der Waals surface area contributed by atoms with Gasteiger partial charge < -0.3 is 43.1 Å². The number of carboxylic acids is 1. The van der Waals surface area contributed by atoms with Gasteiger partial charge in [-0.3, -0.25) is 9.59 Å². The standard InChI is InChI=1S/C28H37NO8S2.C3H6O.CH3NO/c1-33-38-15-13-36-24-10-8-21-6-7-22-9-11-25(37-14-16-39-34-2)18-26(22)29(19-23(21)17-24)27(30)5-3-4-12-35-20-28(31)32;1-3(2)4;2-1-3/h8-11,17-18H,3-7,12-16,19-20H2,1-2H3,(H,31,32);1-2H3;1H,(H2,2,3). The maximum Gasteiger partial charge on any atom is 0.329 e. The van der Waals surface area contributed by atoms with Crippen LogP contribution in [0.2, 0.25) is 0 Å². The summed E-state index contributed by atoms with van der Waals surface area (Å²) in [7, 11) is 3.27. The molecule has 1 heterocycles. The molecule has 0 aromatic heterocycles. The molecule has 3 N–H and O–H groups in total. The molecule has 2 amide bonds. The molecular formula is C32H46N2O10S2. The lowest BCUT2D eigenvalue weighted by Crippen LogP contribution is -2.32. The fourth-order valence-corrected chi connectivity index (χ4v) is 4.89. The van der Waals surface area contributed by atoms with E-state index in [4.69, 9.17) is 32.5 Å². The largest absolute Gasteiger partial charge is 0.493 e. The van der Waals surface area contributed by atoms with Gasteiger partial charge in [-0.15, -0.1) is 0 Å². The predicted molar refractivity (Wildman–Crippen MR) is 180 cm³/mol. The minimum absolute atomic E-state index is 0.00256. The first-order valence-electron chi connectivity index (χ1n) is 14.7. The molecule has 0 unspecified atom stereocenters. The predicted octanol–water partition coefficient (Wildman–Crippen LogP) is 4.63. The van der Waals surface area contributed by atoms with Crippen molar-refractivity contribution in [3.05, 3.63) is 53.1 Å². The monoisotopic (exact) mass is 682 g/mol. The first kappa shape index (κ1) is 40.7. The van der Waals surface area contributed by atoms with E-state index in [-0.39, 0.29) is 24.7 Å². The van der Waals surface area contributed by atoms with E-state index < -0.39 is 5.97 Å². The summed E-state index contributed by atoms with van der Waals surface area (Å²) in [4.78, 5) is 44.1. The molecule has 0 saturated heterocycles. The second-order valence-corrected chi connectivity index (χ2v) is 11.8. The molecule has 0 radical (unpaired) electrons. The van der Waals surface area contributed by atoms with Gasteiger partial charge in [0.05, 0.1) is 51.2 Å². The summed E-state index contributed by atoms with van der Waals surface area (Å²) in [6, 6.07) is 12.1. The Balaban J connectivity index is 0.00000137. The number of ether oxygens (including phenoxy) is 3. The van der Waals surface area contributed by atoms with Gasteiger partial charge >= 0.3 is 5.97 Å². The molecule has 2 aromatic rings. The van der Waals surface area contributed by atoms with Gasteiger partial charge in [0.1, 0.15) is 23.9 Å². The molecule has 0 aliphatic carbocycles. The number of hydrogen-bond donors (Lipinski definition) is 2. The average Bonchev–Trinajstić information content (AvgIpc) is 3.00. The highest BCUT2D eigenvalue weighted by Crippen LogP contribution is 2.33. The highest BCUT2D eigenvalue weighted by molar-refractivity contribution is 7.94. The normalized spacial score (nSPS) is 11.6. The van der Waals surface area contributed by atoms with Crippen LogP contribution in [0.4, 0.5) is 5.69 Å². The van der Waals surface area contributed by atoms with Gasteiger partial charge in [-0.2, -0.15) is 0 Å². The summed E-state index contributed by atoms with van der Waals surface area (Å²) in [6.07, 6.45) is 3.43. The molecular weight excluding hydrogens is 636 g/mol. The molecule has 256 valence electrons. The van der Waals surface area contributed by atoms with Crippen LogP contribution in [0.25, 0.3) is 0 Å².